The predicted octanol–water partition coefficient (Wildman–Crippen LogP) is 5.23. The highest BCUT2D eigenvalue weighted by Gasteiger charge is 2.29. The van der Waals surface area contributed by atoms with Crippen LogP contribution in [0.5, 0.6) is 5.75 Å². The van der Waals surface area contributed by atoms with Crippen LogP contribution in [0.25, 0.3) is 16.8 Å². The molecular formula is C26H32N4O2. The van der Waals surface area contributed by atoms with E-state index in [0.717, 1.165) is 60.6 Å². The maximum absolute atomic E-state index is 13.0. The number of imidazole rings is 1. The summed E-state index contributed by atoms with van der Waals surface area (Å²) in [6.45, 7) is 1.53. The van der Waals surface area contributed by atoms with Crippen LogP contribution in [0.15, 0.2) is 48.7 Å². The van der Waals surface area contributed by atoms with Crippen molar-refractivity contribution in [3.63, 3.8) is 0 Å². The Morgan fingerprint density at radius 2 is 1.94 bits per heavy atom. The lowest BCUT2D eigenvalue weighted by atomic mass is 9.95. The number of amides is 2. The third-order valence-electron chi connectivity index (χ3n) is 6.93. The van der Waals surface area contributed by atoms with E-state index in [2.05, 4.69) is 34.1 Å². The fourth-order valence-electron chi connectivity index (χ4n) is 5.22. The van der Waals surface area contributed by atoms with Crippen molar-refractivity contribution < 1.29 is 9.53 Å². The second-order valence-electron chi connectivity index (χ2n) is 9.08. The highest BCUT2D eigenvalue weighted by Crippen LogP contribution is 2.33. The van der Waals surface area contributed by atoms with Gasteiger partial charge in [-0.3, -0.25) is 0 Å². The number of aromatic nitrogens is 2. The molecule has 1 saturated heterocycles. The molecule has 0 bridgehead atoms. The number of rotatable bonds is 4. The topological polar surface area (TPSA) is 58.9 Å². The van der Waals surface area contributed by atoms with Crippen LogP contribution in [0, 0.1) is 0 Å². The molecule has 0 radical (unpaired) electrons. The molecule has 2 aliphatic rings. The number of piperidine rings is 1. The second-order valence-corrected chi connectivity index (χ2v) is 9.08. The number of hydrogen-bond donors (Lipinski definition) is 1. The summed E-state index contributed by atoms with van der Waals surface area (Å²) in [5.41, 5.74) is 3.09. The number of hydrogen-bond acceptors (Lipinski definition) is 3. The predicted molar refractivity (Wildman–Crippen MR) is 126 cm³/mol. The Kier molecular flexibility index (Phi) is 6.02. The first-order valence-electron chi connectivity index (χ1n) is 11.9. The molecule has 1 aromatic carbocycles. The van der Waals surface area contributed by atoms with Crippen LogP contribution in [0.1, 0.15) is 56.7 Å². The van der Waals surface area contributed by atoms with Gasteiger partial charge >= 0.3 is 6.03 Å². The molecule has 5 rings (SSSR count). The number of nitrogens with one attached hydrogen (secondary N) is 1. The van der Waals surface area contributed by atoms with E-state index in [-0.39, 0.29) is 11.9 Å². The van der Waals surface area contributed by atoms with E-state index in [1.54, 1.807) is 7.11 Å². The summed E-state index contributed by atoms with van der Waals surface area (Å²) >= 11 is 0. The van der Waals surface area contributed by atoms with E-state index in [9.17, 15) is 4.79 Å². The molecule has 6 heteroatoms. The molecule has 2 amide bonds. The van der Waals surface area contributed by atoms with Gasteiger partial charge in [-0.2, -0.15) is 0 Å². The highest BCUT2D eigenvalue weighted by molar-refractivity contribution is 5.78. The van der Waals surface area contributed by atoms with Crippen LogP contribution in [0.4, 0.5) is 4.79 Å². The molecule has 1 aliphatic heterocycles. The average molecular weight is 433 g/mol. The summed E-state index contributed by atoms with van der Waals surface area (Å²) in [6, 6.07) is 14.7. The van der Waals surface area contributed by atoms with Crippen molar-refractivity contribution in [3.8, 4) is 17.0 Å². The van der Waals surface area contributed by atoms with E-state index >= 15 is 0 Å². The van der Waals surface area contributed by atoms with Gasteiger partial charge in [0.25, 0.3) is 0 Å². The first-order valence-corrected chi connectivity index (χ1v) is 11.9. The molecule has 1 atom stereocenters. The van der Waals surface area contributed by atoms with Crippen molar-refractivity contribution >= 4 is 11.5 Å². The van der Waals surface area contributed by atoms with Crippen LogP contribution < -0.4 is 10.1 Å². The van der Waals surface area contributed by atoms with Crippen LogP contribution >= 0.6 is 0 Å². The van der Waals surface area contributed by atoms with Crippen molar-refractivity contribution in [2.75, 3.05) is 20.2 Å². The number of pyridine rings is 1. The molecule has 2 fully saturated rings. The molecule has 32 heavy (non-hydrogen) atoms. The number of likely N-dealkylation sites (tertiary alicyclic amines) is 1. The first kappa shape index (κ1) is 20.9. The van der Waals surface area contributed by atoms with Crippen molar-refractivity contribution in [2.24, 2.45) is 0 Å². The largest absolute Gasteiger partial charge is 0.497 e. The molecule has 1 N–H and O–H groups in total. The van der Waals surface area contributed by atoms with Gasteiger partial charge in [0.05, 0.1) is 18.3 Å². The lowest BCUT2D eigenvalue weighted by Gasteiger charge is -2.34. The minimum atomic E-state index is 0.0930. The molecule has 2 aromatic heterocycles. The SMILES string of the molecule is COc1cccc(-c2nc(C3CCCN(C(=O)NC4CCCCC4)C3)n3ccccc23)c1. The summed E-state index contributed by atoms with van der Waals surface area (Å²) < 4.78 is 7.63. The molecule has 1 aliphatic carbocycles. The van der Waals surface area contributed by atoms with Crippen LogP contribution in [0.2, 0.25) is 0 Å². The Balaban J connectivity index is 1.41. The summed E-state index contributed by atoms with van der Waals surface area (Å²) in [5.74, 6) is 2.08. The Bertz CT molecular complexity index is 1090. The van der Waals surface area contributed by atoms with Gasteiger partial charge in [-0.25, -0.2) is 9.78 Å². The third-order valence-corrected chi connectivity index (χ3v) is 6.93. The zero-order valence-electron chi connectivity index (χ0n) is 18.8. The first-order chi connectivity index (χ1) is 15.7. The number of carbonyl (C=O) groups is 1. The molecule has 0 spiro atoms. The normalized spacial score (nSPS) is 19.8. The second kappa shape index (κ2) is 9.23. The smallest absolute Gasteiger partial charge is 0.317 e. The maximum atomic E-state index is 13.0. The molecule has 1 unspecified atom stereocenters. The van der Waals surface area contributed by atoms with E-state index in [1.807, 2.05) is 29.2 Å². The van der Waals surface area contributed by atoms with Crippen molar-refractivity contribution in [3.05, 3.63) is 54.5 Å². The van der Waals surface area contributed by atoms with E-state index < -0.39 is 0 Å². The minimum absolute atomic E-state index is 0.0930. The van der Waals surface area contributed by atoms with E-state index in [0.29, 0.717) is 12.6 Å². The Morgan fingerprint density at radius 1 is 1.06 bits per heavy atom. The van der Waals surface area contributed by atoms with Gasteiger partial charge in [-0.05, 0) is 49.9 Å². The fraction of sp³-hybridized carbons (Fsp3) is 0.462. The molecule has 1 saturated carbocycles. The number of carbonyl (C=O) groups excluding carboxylic acids is 1. The van der Waals surface area contributed by atoms with Gasteiger partial charge in [0.15, 0.2) is 0 Å². The lowest BCUT2D eigenvalue weighted by molar-refractivity contribution is 0.171. The highest BCUT2D eigenvalue weighted by atomic mass is 16.5. The number of fused-ring (bicyclic) bond motifs is 1. The Labute approximate surface area is 189 Å². The van der Waals surface area contributed by atoms with Crippen LogP contribution in [0.3, 0.4) is 0 Å². The minimum Gasteiger partial charge on any atom is -0.497 e. The van der Waals surface area contributed by atoms with Crippen LogP contribution in [-0.2, 0) is 0 Å². The molecule has 3 aromatic rings. The van der Waals surface area contributed by atoms with Gasteiger partial charge in [0, 0.05) is 36.8 Å². The van der Waals surface area contributed by atoms with Gasteiger partial charge < -0.3 is 19.4 Å². The maximum Gasteiger partial charge on any atom is 0.317 e. The third kappa shape index (κ3) is 4.18. The summed E-state index contributed by atoms with van der Waals surface area (Å²) in [7, 11) is 1.69. The number of benzene rings is 1. The summed E-state index contributed by atoms with van der Waals surface area (Å²) in [5, 5.41) is 3.29. The lowest BCUT2D eigenvalue weighted by Crippen LogP contribution is -2.48. The van der Waals surface area contributed by atoms with Gasteiger partial charge in [-0.15, -0.1) is 0 Å². The van der Waals surface area contributed by atoms with E-state index in [4.69, 9.17) is 9.72 Å². The quantitative estimate of drug-likeness (QED) is 0.614. The zero-order valence-corrected chi connectivity index (χ0v) is 18.8. The molecular weight excluding hydrogens is 400 g/mol. The average Bonchev–Trinajstić information content (AvgIpc) is 3.25. The number of methoxy groups -OCH3 is 1. The van der Waals surface area contributed by atoms with Gasteiger partial charge in [0.1, 0.15) is 11.6 Å². The fourth-order valence-corrected chi connectivity index (χ4v) is 5.22. The Morgan fingerprint density at radius 3 is 2.78 bits per heavy atom. The van der Waals surface area contributed by atoms with Crippen molar-refractivity contribution in [1.82, 2.24) is 19.6 Å². The van der Waals surface area contributed by atoms with Crippen LogP contribution in [-0.4, -0.2) is 46.6 Å². The number of urea groups is 1. The van der Waals surface area contributed by atoms with Crippen molar-refractivity contribution in [2.45, 2.75) is 56.9 Å². The Hall–Kier alpha value is -3.02. The number of nitrogens with zero attached hydrogens (tertiary/aromatic N) is 3. The monoisotopic (exact) mass is 432 g/mol. The van der Waals surface area contributed by atoms with E-state index in [1.165, 1.54) is 19.3 Å². The van der Waals surface area contributed by atoms with Crippen molar-refractivity contribution in [1.29, 1.82) is 0 Å². The summed E-state index contributed by atoms with van der Waals surface area (Å²) in [4.78, 5) is 20.1. The number of ether oxygens (including phenoxy) is 1. The van der Waals surface area contributed by atoms with Gasteiger partial charge in [0.2, 0.25) is 0 Å². The van der Waals surface area contributed by atoms with Gasteiger partial charge in [-0.1, -0.05) is 37.5 Å². The zero-order chi connectivity index (χ0) is 21.9. The molecule has 3 heterocycles. The standard InChI is InChI=1S/C26H32N4O2/c1-32-22-13-7-9-19(17-22)24-23-14-5-6-16-30(23)25(28-24)20-10-8-15-29(18-20)26(31)27-21-11-3-2-4-12-21/h5-7,9,13-14,16-17,20-21H,2-4,8,10-12,15,18H2,1H3,(H,27,31). The molecule has 168 valence electrons. The summed E-state index contributed by atoms with van der Waals surface area (Å²) in [6.07, 6.45) is 10.1. The molecule has 6 nitrogen and oxygen atoms in total.